The SMILES string of the molecule is COC1(CNS(=O)(=O)c2cc(CN)ccc2F)CCOC1. The van der Waals surface area contributed by atoms with Crippen LogP contribution in [0.3, 0.4) is 0 Å². The molecule has 3 N–H and O–H groups in total. The Labute approximate surface area is 123 Å². The van der Waals surface area contributed by atoms with Crippen LogP contribution in [-0.2, 0) is 26.0 Å². The van der Waals surface area contributed by atoms with Crippen LogP contribution >= 0.6 is 0 Å². The van der Waals surface area contributed by atoms with Crippen LogP contribution in [0.1, 0.15) is 12.0 Å². The lowest BCUT2D eigenvalue weighted by Crippen LogP contribution is -2.45. The van der Waals surface area contributed by atoms with Gasteiger partial charge in [-0.1, -0.05) is 6.07 Å². The molecule has 1 fully saturated rings. The summed E-state index contributed by atoms with van der Waals surface area (Å²) >= 11 is 0. The Kier molecular flexibility index (Phi) is 4.95. The van der Waals surface area contributed by atoms with Crippen molar-refractivity contribution in [1.29, 1.82) is 0 Å². The second kappa shape index (κ2) is 6.37. The van der Waals surface area contributed by atoms with E-state index in [1.807, 2.05) is 0 Å². The van der Waals surface area contributed by atoms with Gasteiger partial charge in [-0.3, -0.25) is 0 Å². The smallest absolute Gasteiger partial charge is 0.243 e. The third kappa shape index (κ3) is 3.58. The van der Waals surface area contributed by atoms with E-state index in [0.29, 0.717) is 25.2 Å². The van der Waals surface area contributed by atoms with Gasteiger partial charge in [0, 0.05) is 33.2 Å². The van der Waals surface area contributed by atoms with E-state index in [0.717, 1.165) is 6.07 Å². The lowest BCUT2D eigenvalue weighted by atomic mass is 10.0. The van der Waals surface area contributed by atoms with Crippen LogP contribution in [0.2, 0.25) is 0 Å². The second-order valence-electron chi connectivity index (χ2n) is 4.98. The summed E-state index contributed by atoms with van der Waals surface area (Å²) in [6.45, 7) is 0.973. The number of halogens is 1. The second-order valence-corrected chi connectivity index (χ2v) is 6.72. The fourth-order valence-corrected chi connectivity index (χ4v) is 3.39. The zero-order chi connectivity index (χ0) is 15.5. The summed E-state index contributed by atoms with van der Waals surface area (Å²) in [5.41, 5.74) is 5.30. The monoisotopic (exact) mass is 318 g/mol. The molecule has 1 aliphatic rings. The zero-order valence-corrected chi connectivity index (χ0v) is 12.6. The fraction of sp³-hybridized carbons (Fsp3) is 0.538. The fourth-order valence-electron chi connectivity index (χ4n) is 2.15. The maximum absolute atomic E-state index is 13.8. The molecule has 2 rings (SSSR count). The van der Waals surface area contributed by atoms with Gasteiger partial charge in [0.2, 0.25) is 10.0 Å². The molecule has 1 aromatic carbocycles. The highest BCUT2D eigenvalue weighted by Gasteiger charge is 2.36. The van der Waals surface area contributed by atoms with Gasteiger partial charge in [0.05, 0.1) is 6.61 Å². The molecule has 0 bridgehead atoms. The Morgan fingerprint density at radius 3 is 2.86 bits per heavy atom. The summed E-state index contributed by atoms with van der Waals surface area (Å²) in [4.78, 5) is -0.407. The van der Waals surface area contributed by atoms with Crippen molar-refractivity contribution in [2.75, 3.05) is 26.9 Å². The number of hydrogen-bond donors (Lipinski definition) is 2. The molecule has 0 saturated carbocycles. The number of nitrogens with one attached hydrogen (secondary N) is 1. The Hall–Kier alpha value is -1.06. The molecule has 21 heavy (non-hydrogen) atoms. The van der Waals surface area contributed by atoms with E-state index >= 15 is 0 Å². The van der Waals surface area contributed by atoms with Gasteiger partial charge in [0.15, 0.2) is 0 Å². The molecule has 1 unspecified atom stereocenters. The highest BCUT2D eigenvalue weighted by atomic mass is 32.2. The van der Waals surface area contributed by atoms with Gasteiger partial charge in [0.25, 0.3) is 0 Å². The predicted octanol–water partition coefficient (Wildman–Crippen LogP) is 0.368. The van der Waals surface area contributed by atoms with Crippen LogP contribution in [0.25, 0.3) is 0 Å². The van der Waals surface area contributed by atoms with Crippen molar-refractivity contribution in [2.24, 2.45) is 5.73 Å². The molecule has 6 nitrogen and oxygen atoms in total. The van der Waals surface area contributed by atoms with Crippen LogP contribution in [0.4, 0.5) is 4.39 Å². The summed E-state index contributed by atoms with van der Waals surface area (Å²) in [5, 5.41) is 0. The lowest BCUT2D eigenvalue weighted by Gasteiger charge is -2.25. The van der Waals surface area contributed by atoms with E-state index in [9.17, 15) is 12.8 Å². The molecule has 0 radical (unpaired) electrons. The molecule has 0 aromatic heterocycles. The first kappa shape index (κ1) is 16.3. The largest absolute Gasteiger partial charge is 0.378 e. The summed E-state index contributed by atoms with van der Waals surface area (Å²) < 4.78 is 51.2. The highest BCUT2D eigenvalue weighted by Crippen LogP contribution is 2.23. The van der Waals surface area contributed by atoms with Crippen molar-refractivity contribution >= 4 is 10.0 Å². The standard InChI is InChI=1S/C13H19FN2O4S/c1-19-13(4-5-20-9-13)8-16-21(17,18)12-6-10(7-15)2-3-11(12)14/h2-3,6,16H,4-5,7-9,15H2,1H3. The molecule has 0 amide bonds. The molecular formula is C13H19FN2O4S. The van der Waals surface area contributed by atoms with Gasteiger partial charge in [-0.25, -0.2) is 17.5 Å². The van der Waals surface area contributed by atoms with Crippen molar-refractivity contribution in [3.63, 3.8) is 0 Å². The summed E-state index contributed by atoms with van der Waals surface area (Å²) in [6.07, 6.45) is 0.581. The highest BCUT2D eigenvalue weighted by molar-refractivity contribution is 7.89. The number of sulfonamides is 1. The Balaban J connectivity index is 2.18. The van der Waals surface area contributed by atoms with Crippen LogP contribution in [-0.4, -0.2) is 40.9 Å². The topological polar surface area (TPSA) is 90.7 Å². The van der Waals surface area contributed by atoms with Crippen LogP contribution in [0, 0.1) is 5.82 Å². The minimum absolute atomic E-state index is 0.0259. The summed E-state index contributed by atoms with van der Waals surface area (Å²) in [6, 6.07) is 3.79. The third-order valence-corrected chi connectivity index (χ3v) is 5.02. The zero-order valence-electron chi connectivity index (χ0n) is 11.8. The van der Waals surface area contributed by atoms with Gasteiger partial charge in [0.1, 0.15) is 16.3 Å². The first-order valence-electron chi connectivity index (χ1n) is 6.53. The minimum atomic E-state index is -3.98. The van der Waals surface area contributed by atoms with Gasteiger partial charge < -0.3 is 15.2 Å². The Morgan fingerprint density at radius 2 is 2.29 bits per heavy atom. The molecule has 1 heterocycles. The first-order valence-corrected chi connectivity index (χ1v) is 8.02. The number of hydrogen-bond acceptors (Lipinski definition) is 5. The van der Waals surface area contributed by atoms with Crippen molar-refractivity contribution in [3.8, 4) is 0 Å². The molecule has 1 atom stereocenters. The average Bonchev–Trinajstić information content (AvgIpc) is 2.95. The van der Waals surface area contributed by atoms with E-state index in [1.54, 1.807) is 0 Å². The molecule has 118 valence electrons. The van der Waals surface area contributed by atoms with Crippen molar-refractivity contribution in [1.82, 2.24) is 4.72 Å². The van der Waals surface area contributed by atoms with E-state index in [1.165, 1.54) is 19.2 Å². The number of nitrogens with two attached hydrogens (primary N) is 1. The first-order chi connectivity index (χ1) is 9.92. The van der Waals surface area contributed by atoms with Crippen LogP contribution in [0.5, 0.6) is 0 Å². The Bertz CT molecular complexity index is 600. The van der Waals surface area contributed by atoms with Crippen LogP contribution < -0.4 is 10.5 Å². The van der Waals surface area contributed by atoms with E-state index in [-0.39, 0.29) is 13.1 Å². The molecule has 0 aliphatic carbocycles. The van der Waals surface area contributed by atoms with Crippen LogP contribution in [0.15, 0.2) is 23.1 Å². The normalized spacial score (nSPS) is 22.6. The van der Waals surface area contributed by atoms with Gasteiger partial charge >= 0.3 is 0 Å². The Morgan fingerprint density at radius 1 is 1.52 bits per heavy atom. The van der Waals surface area contributed by atoms with Crippen molar-refractivity contribution < 1.29 is 22.3 Å². The van der Waals surface area contributed by atoms with E-state index in [4.69, 9.17) is 15.2 Å². The number of methoxy groups -OCH3 is 1. The number of rotatable bonds is 6. The van der Waals surface area contributed by atoms with E-state index in [2.05, 4.69) is 4.72 Å². The molecule has 1 aliphatic heterocycles. The molecule has 8 heteroatoms. The molecular weight excluding hydrogens is 299 g/mol. The predicted molar refractivity (Wildman–Crippen MR) is 74.7 cm³/mol. The number of benzene rings is 1. The quantitative estimate of drug-likeness (QED) is 0.791. The van der Waals surface area contributed by atoms with Gasteiger partial charge in [-0.2, -0.15) is 0 Å². The summed E-state index contributed by atoms with van der Waals surface area (Å²) in [5.74, 6) is -0.811. The number of ether oxygens (including phenoxy) is 2. The summed E-state index contributed by atoms with van der Waals surface area (Å²) in [7, 11) is -2.48. The van der Waals surface area contributed by atoms with Gasteiger partial charge in [-0.15, -0.1) is 0 Å². The lowest BCUT2D eigenvalue weighted by molar-refractivity contribution is -0.0120. The van der Waals surface area contributed by atoms with Crippen molar-refractivity contribution in [2.45, 2.75) is 23.5 Å². The molecule has 1 saturated heterocycles. The maximum atomic E-state index is 13.8. The average molecular weight is 318 g/mol. The van der Waals surface area contributed by atoms with E-state index < -0.39 is 26.3 Å². The van der Waals surface area contributed by atoms with Crippen molar-refractivity contribution in [3.05, 3.63) is 29.6 Å². The van der Waals surface area contributed by atoms with Gasteiger partial charge in [-0.05, 0) is 17.7 Å². The molecule has 1 aromatic rings. The third-order valence-electron chi connectivity index (χ3n) is 3.61. The minimum Gasteiger partial charge on any atom is -0.378 e. The molecule has 0 spiro atoms. The maximum Gasteiger partial charge on any atom is 0.243 e.